The van der Waals surface area contributed by atoms with Gasteiger partial charge in [-0.05, 0) is 27.7 Å². The van der Waals surface area contributed by atoms with Gasteiger partial charge in [-0.3, -0.25) is 4.99 Å². The molecular weight excluding hydrogens is 196 g/mol. The summed E-state index contributed by atoms with van der Waals surface area (Å²) in [5, 5.41) is 4.45. The van der Waals surface area contributed by atoms with Gasteiger partial charge in [0.05, 0.1) is 12.6 Å². The fourth-order valence-electron chi connectivity index (χ4n) is 1.21. The van der Waals surface area contributed by atoms with Gasteiger partial charge in [-0.25, -0.2) is 0 Å². The van der Waals surface area contributed by atoms with Crippen LogP contribution in [-0.4, -0.2) is 35.7 Å². The molecule has 0 saturated carbocycles. The van der Waals surface area contributed by atoms with Crippen molar-refractivity contribution in [2.75, 3.05) is 19.0 Å². The number of nitrogens with zero attached hydrogens (tertiary/aromatic N) is 1. The Kier molecular flexibility index (Phi) is 4.26. The van der Waals surface area contributed by atoms with E-state index in [1.807, 2.05) is 6.92 Å². The Bertz CT molecular complexity index is 216. The summed E-state index contributed by atoms with van der Waals surface area (Å²) in [6.45, 7) is 9.94. The van der Waals surface area contributed by atoms with E-state index in [4.69, 9.17) is 4.74 Å². The van der Waals surface area contributed by atoms with Crippen molar-refractivity contribution in [2.45, 2.75) is 39.3 Å². The standard InChI is InChI=1S/C10H20N2OS/c1-5-13-6-8(2)11-9-12-10(3,4)7-14-9/h8H,5-7H2,1-4H3,(H,11,12). The van der Waals surface area contributed by atoms with Gasteiger partial charge in [-0.2, -0.15) is 0 Å². The lowest BCUT2D eigenvalue weighted by Gasteiger charge is -2.16. The molecule has 82 valence electrons. The Labute approximate surface area is 90.7 Å². The first-order chi connectivity index (χ1) is 6.53. The van der Waals surface area contributed by atoms with Crippen molar-refractivity contribution in [3.63, 3.8) is 0 Å². The van der Waals surface area contributed by atoms with Crippen LogP contribution in [0.15, 0.2) is 4.99 Å². The van der Waals surface area contributed by atoms with Gasteiger partial charge < -0.3 is 10.1 Å². The van der Waals surface area contributed by atoms with Crippen molar-refractivity contribution < 1.29 is 4.74 Å². The average Bonchev–Trinajstić information content (AvgIpc) is 2.42. The van der Waals surface area contributed by atoms with Crippen molar-refractivity contribution in [3.05, 3.63) is 0 Å². The molecule has 0 aromatic carbocycles. The molecule has 1 rings (SSSR count). The van der Waals surface area contributed by atoms with Crippen LogP contribution in [0.2, 0.25) is 0 Å². The van der Waals surface area contributed by atoms with Crippen molar-refractivity contribution in [1.82, 2.24) is 5.32 Å². The molecule has 0 radical (unpaired) electrons. The minimum Gasteiger partial charge on any atom is -0.380 e. The number of aliphatic imine (C=N–C) groups is 1. The molecule has 1 unspecified atom stereocenters. The SMILES string of the molecule is CCOCC(C)N=C1NC(C)(C)CS1. The number of rotatable bonds is 4. The first-order valence-corrected chi connectivity index (χ1v) is 6.08. The average molecular weight is 216 g/mol. The molecule has 1 saturated heterocycles. The third-order valence-electron chi connectivity index (χ3n) is 1.92. The van der Waals surface area contributed by atoms with E-state index < -0.39 is 0 Å². The highest BCUT2D eigenvalue weighted by atomic mass is 32.2. The second kappa shape index (κ2) is 5.03. The quantitative estimate of drug-likeness (QED) is 0.779. The molecule has 1 heterocycles. The van der Waals surface area contributed by atoms with Crippen LogP contribution >= 0.6 is 11.8 Å². The summed E-state index contributed by atoms with van der Waals surface area (Å²) in [6, 6.07) is 0.249. The Balaban J connectivity index is 2.37. The fourth-order valence-corrected chi connectivity index (χ4v) is 2.38. The number of ether oxygens (including phenoxy) is 1. The van der Waals surface area contributed by atoms with Gasteiger partial charge in [0, 0.05) is 17.9 Å². The van der Waals surface area contributed by atoms with Gasteiger partial charge in [0.1, 0.15) is 0 Å². The van der Waals surface area contributed by atoms with Crippen LogP contribution in [0, 0.1) is 0 Å². The van der Waals surface area contributed by atoms with E-state index in [0.29, 0.717) is 6.61 Å². The lowest BCUT2D eigenvalue weighted by Crippen LogP contribution is -2.37. The maximum atomic E-state index is 5.31. The lowest BCUT2D eigenvalue weighted by molar-refractivity contribution is 0.137. The first kappa shape index (κ1) is 11.9. The van der Waals surface area contributed by atoms with Crippen LogP contribution in [-0.2, 0) is 4.74 Å². The predicted molar refractivity (Wildman–Crippen MR) is 63.1 cm³/mol. The van der Waals surface area contributed by atoms with Crippen LogP contribution in [0.25, 0.3) is 0 Å². The minimum absolute atomic E-state index is 0.189. The molecule has 1 aliphatic heterocycles. The van der Waals surface area contributed by atoms with E-state index in [-0.39, 0.29) is 11.6 Å². The number of hydrogen-bond donors (Lipinski definition) is 1. The highest BCUT2D eigenvalue weighted by Gasteiger charge is 2.27. The summed E-state index contributed by atoms with van der Waals surface area (Å²) in [5.41, 5.74) is 0.189. The van der Waals surface area contributed by atoms with Crippen molar-refractivity contribution in [2.24, 2.45) is 4.99 Å². The van der Waals surface area contributed by atoms with E-state index in [1.165, 1.54) is 0 Å². The largest absolute Gasteiger partial charge is 0.380 e. The molecule has 1 fully saturated rings. The smallest absolute Gasteiger partial charge is 0.157 e. The van der Waals surface area contributed by atoms with Gasteiger partial charge in [0.2, 0.25) is 0 Å². The van der Waals surface area contributed by atoms with Crippen LogP contribution in [0.4, 0.5) is 0 Å². The van der Waals surface area contributed by atoms with E-state index in [2.05, 4.69) is 31.1 Å². The fraction of sp³-hybridized carbons (Fsp3) is 0.900. The van der Waals surface area contributed by atoms with Gasteiger partial charge in [0.25, 0.3) is 0 Å². The van der Waals surface area contributed by atoms with E-state index in [9.17, 15) is 0 Å². The lowest BCUT2D eigenvalue weighted by atomic mass is 10.1. The topological polar surface area (TPSA) is 33.6 Å². The highest BCUT2D eigenvalue weighted by molar-refractivity contribution is 8.14. The number of amidine groups is 1. The van der Waals surface area contributed by atoms with Gasteiger partial charge >= 0.3 is 0 Å². The van der Waals surface area contributed by atoms with Crippen LogP contribution in [0.5, 0.6) is 0 Å². The zero-order valence-electron chi connectivity index (χ0n) is 9.46. The summed E-state index contributed by atoms with van der Waals surface area (Å²) in [4.78, 5) is 4.55. The highest BCUT2D eigenvalue weighted by Crippen LogP contribution is 2.22. The van der Waals surface area contributed by atoms with Crippen molar-refractivity contribution in [3.8, 4) is 0 Å². The monoisotopic (exact) mass is 216 g/mol. The second-order valence-corrected chi connectivity index (χ2v) is 5.20. The molecule has 4 heteroatoms. The number of thioether (sulfide) groups is 1. The number of nitrogens with one attached hydrogen (secondary N) is 1. The van der Waals surface area contributed by atoms with Crippen LogP contribution in [0.1, 0.15) is 27.7 Å². The zero-order chi connectivity index (χ0) is 10.6. The Morgan fingerprint density at radius 3 is 2.86 bits per heavy atom. The maximum Gasteiger partial charge on any atom is 0.157 e. The van der Waals surface area contributed by atoms with E-state index >= 15 is 0 Å². The van der Waals surface area contributed by atoms with Gasteiger partial charge in [0.15, 0.2) is 5.17 Å². The van der Waals surface area contributed by atoms with E-state index in [0.717, 1.165) is 17.5 Å². The third kappa shape index (κ3) is 3.88. The summed E-state index contributed by atoms with van der Waals surface area (Å²) in [6.07, 6.45) is 0. The molecule has 0 spiro atoms. The molecular formula is C10H20N2OS. The minimum atomic E-state index is 0.189. The Hall–Kier alpha value is -0.220. The van der Waals surface area contributed by atoms with E-state index in [1.54, 1.807) is 11.8 Å². The molecule has 14 heavy (non-hydrogen) atoms. The third-order valence-corrected chi connectivity index (χ3v) is 3.26. The number of hydrogen-bond acceptors (Lipinski definition) is 3. The Morgan fingerprint density at radius 2 is 2.36 bits per heavy atom. The molecule has 1 N–H and O–H groups in total. The summed E-state index contributed by atoms with van der Waals surface area (Å²) in [5.74, 6) is 1.09. The first-order valence-electron chi connectivity index (χ1n) is 5.10. The molecule has 0 amide bonds. The molecule has 0 aromatic rings. The summed E-state index contributed by atoms with van der Waals surface area (Å²) in [7, 11) is 0. The normalized spacial score (nSPS) is 25.0. The summed E-state index contributed by atoms with van der Waals surface area (Å²) >= 11 is 1.79. The van der Waals surface area contributed by atoms with Gasteiger partial charge in [-0.15, -0.1) is 0 Å². The molecule has 1 atom stereocenters. The van der Waals surface area contributed by atoms with Crippen LogP contribution in [0.3, 0.4) is 0 Å². The molecule has 0 aromatic heterocycles. The summed E-state index contributed by atoms with van der Waals surface area (Å²) < 4.78 is 5.31. The molecule has 1 aliphatic rings. The molecule has 0 bridgehead atoms. The van der Waals surface area contributed by atoms with Crippen LogP contribution < -0.4 is 5.32 Å². The van der Waals surface area contributed by atoms with Gasteiger partial charge in [-0.1, -0.05) is 11.8 Å². The molecule has 3 nitrogen and oxygen atoms in total. The van der Waals surface area contributed by atoms with Crippen molar-refractivity contribution in [1.29, 1.82) is 0 Å². The second-order valence-electron chi connectivity index (χ2n) is 4.24. The van der Waals surface area contributed by atoms with Crippen molar-refractivity contribution >= 4 is 16.9 Å². The molecule has 0 aliphatic carbocycles. The zero-order valence-corrected chi connectivity index (χ0v) is 10.3. The Morgan fingerprint density at radius 1 is 1.64 bits per heavy atom. The predicted octanol–water partition coefficient (Wildman–Crippen LogP) is 1.88. The maximum absolute atomic E-state index is 5.31.